The first-order chi connectivity index (χ1) is 11.9. The van der Waals surface area contributed by atoms with E-state index in [2.05, 4.69) is 10.6 Å². The van der Waals surface area contributed by atoms with Crippen LogP contribution in [0.5, 0.6) is 0 Å². The molecule has 1 aliphatic carbocycles. The topological polar surface area (TPSA) is 98.8 Å². The largest absolute Gasteiger partial charge is 0.325 e. The second kappa shape index (κ2) is 5.30. The molecule has 3 aliphatic rings. The van der Waals surface area contributed by atoms with Gasteiger partial charge in [-0.2, -0.15) is 0 Å². The maximum atomic E-state index is 12.7. The summed E-state index contributed by atoms with van der Waals surface area (Å²) >= 11 is 0. The summed E-state index contributed by atoms with van der Waals surface area (Å²) in [5, 5.41) is 5.42. The van der Waals surface area contributed by atoms with Crippen LogP contribution in [0.1, 0.15) is 19.8 Å². The molecule has 0 radical (unpaired) electrons. The quantitative estimate of drug-likeness (QED) is 0.790. The minimum atomic E-state index is -0.922. The van der Waals surface area contributed by atoms with E-state index in [1.54, 1.807) is 31.2 Å². The molecule has 1 aromatic rings. The molecule has 0 spiro atoms. The summed E-state index contributed by atoms with van der Waals surface area (Å²) in [5.41, 5.74) is 0.172. The summed E-state index contributed by atoms with van der Waals surface area (Å²) in [6.07, 6.45) is 1.79. The van der Waals surface area contributed by atoms with Crippen LogP contribution in [0.2, 0.25) is 0 Å². The number of nitrogens with zero attached hydrogens (tertiary/aromatic N) is 2. The fourth-order valence-electron chi connectivity index (χ4n) is 3.47. The van der Waals surface area contributed by atoms with Crippen molar-refractivity contribution in [3.8, 4) is 0 Å². The van der Waals surface area contributed by atoms with Gasteiger partial charge in [-0.3, -0.25) is 24.2 Å². The summed E-state index contributed by atoms with van der Waals surface area (Å²) in [7, 11) is 0. The monoisotopic (exact) mass is 342 g/mol. The van der Waals surface area contributed by atoms with Crippen LogP contribution in [0, 0.1) is 5.92 Å². The molecule has 1 saturated heterocycles. The van der Waals surface area contributed by atoms with Crippen molar-refractivity contribution >= 4 is 35.1 Å². The van der Waals surface area contributed by atoms with Gasteiger partial charge in [0.05, 0.1) is 11.4 Å². The molecular weight excluding hydrogens is 324 g/mol. The van der Waals surface area contributed by atoms with E-state index in [-0.39, 0.29) is 30.8 Å². The first-order valence-electron chi connectivity index (χ1n) is 8.23. The van der Waals surface area contributed by atoms with E-state index in [1.807, 2.05) is 0 Å². The lowest BCUT2D eigenvalue weighted by atomic mass is 9.96. The standard InChI is InChI=1S/C17H18N4O4/c1-17(10-6-7-10)15(24)21(16(25)19-17)9-14(23)20-8-13(22)18-11-4-2-3-5-12(11)20/h2-5,10H,6-9H2,1H3,(H,18,22)(H,19,25)/t17-/m1/s1. The van der Waals surface area contributed by atoms with Crippen molar-refractivity contribution in [2.45, 2.75) is 25.3 Å². The molecule has 8 nitrogen and oxygen atoms in total. The van der Waals surface area contributed by atoms with Gasteiger partial charge in [0.1, 0.15) is 18.6 Å². The van der Waals surface area contributed by atoms with Crippen molar-refractivity contribution < 1.29 is 19.2 Å². The zero-order valence-electron chi connectivity index (χ0n) is 13.7. The lowest BCUT2D eigenvalue weighted by Crippen LogP contribution is -2.49. The molecule has 5 amide bonds. The van der Waals surface area contributed by atoms with Gasteiger partial charge >= 0.3 is 6.03 Å². The number of carbonyl (C=O) groups excluding carboxylic acids is 4. The molecule has 0 aromatic heterocycles. The third kappa shape index (κ3) is 2.45. The fraction of sp³-hybridized carbons (Fsp3) is 0.412. The highest BCUT2D eigenvalue weighted by Crippen LogP contribution is 2.42. The van der Waals surface area contributed by atoms with Crippen LogP contribution >= 0.6 is 0 Å². The Morgan fingerprint density at radius 2 is 1.96 bits per heavy atom. The third-order valence-electron chi connectivity index (χ3n) is 5.06. The Kier molecular flexibility index (Phi) is 3.31. The first-order valence-corrected chi connectivity index (χ1v) is 8.23. The summed E-state index contributed by atoms with van der Waals surface area (Å²) in [4.78, 5) is 51.7. The second-order valence-corrected chi connectivity index (χ2v) is 6.84. The molecule has 1 atom stereocenters. The smallest absolute Gasteiger partial charge is 0.323 e. The number of fused-ring (bicyclic) bond motifs is 1. The number of imide groups is 1. The van der Waals surface area contributed by atoms with Crippen molar-refractivity contribution in [2.24, 2.45) is 5.92 Å². The lowest BCUT2D eigenvalue weighted by molar-refractivity contribution is -0.134. The highest BCUT2D eigenvalue weighted by atomic mass is 16.2. The first kappa shape index (κ1) is 15.6. The molecule has 4 rings (SSSR count). The van der Waals surface area contributed by atoms with E-state index in [4.69, 9.17) is 0 Å². The van der Waals surface area contributed by atoms with Crippen molar-refractivity contribution in [3.05, 3.63) is 24.3 Å². The number of rotatable bonds is 3. The SMILES string of the molecule is C[C@]1(C2CC2)NC(=O)N(CC(=O)N2CC(=O)Nc3ccccc32)C1=O. The number of nitrogens with one attached hydrogen (secondary N) is 2. The van der Waals surface area contributed by atoms with Crippen LogP contribution < -0.4 is 15.5 Å². The highest BCUT2D eigenvalue weighted by molar-refractivity contribution is 6.14. The van der Waals surface area contributed by atoms with Crippen molar-refractivity contribution in [1.82, 2.24) is 10.2 Å². The van der Waals surface area contributed by atoms with Gasteiger partial charge in [-0.25, -0.2) is 4.79 Å². The van der Waals surface area contributed by atoms with E-state index in [1.165, 1.54) is 4.90 Å². The van der Waals surface area contributed by atoms with Gasteiger partial charge in [0.2, 0.25) is 11.8 Å². The molecule has 2 heterocycles. The van der Waals surface area contributed by atoms with Crippen molar-refractivity contribution in [3.63, 3.8) is 0 Å². The average molecular weight is 342 g/mol. The fourth-order valence-corrected chi connectivity index (χ4v) is 3.47. The van der Waals surface area contributed by atoms with Gasteiger partial charge in [-0.15, -0.1) is 0 Å². The maximum absolute atomic E-state index is 12.7. The molecule has 0 unspecified atom stereocenters. The molecule has 8 heteroatoms. The van der Waals surface area contributed by atoms with E-state index in [0.29, 0.717) is 11.4 Å². The normalized spacial score (nSPS) is 25.6. The molecule has 0 bridgehead atoms. The third-order valence-corrected chi connectivity index (χ3v) is 5.06. The van der Waals surface area contributed by atoms with Crippen LogP contribution in [0.15, 0.2) is 24.3 Å². The Hall–Kier alpha value is -2.90. The number of benzene rings is 1. The Labute approximate surface area is 144 Å². The van der Waals surface area contributed by atoms with E-state index in [0.717, 1.165) is 17.7 Å². The van der Waals surface area contributed by atoms with Gasteiger partial charge in [-0.05, 0) is 37.8 Å². The minimum Gasteiger partial charge on any atom is -0.323 e. The van der Waals surface area contributed by atoms with Gasteiger partial charge in [0, 0.05) is 0 Å². The Morgan fingerprint density at radius 1 is 1.24 bits per heavy atom. The molecule has 2 N–H and O–H groups in total. The molecule has 1 saturated carbocycles. The van der Waals surface area contributed by atoms with Gasteiger partial charge in [0.25, 0.3) is 5.91 Å². The zero-order valence-corrected chi connectivity index (χ0v) is 13.7. The number of anilines is 2. The number of amides is 5. The van der Waals surface area contributed by atoms with Crippen LogP contribution in [0.3, 0.4) is 0 Å². The molecule has 1 aromatic carbocycles. The number of para-hydroxylation sites is 2. The summed E-state index contributed by atoms with van der Waals surface area (Å²) in [5.74, 6) is -1.02. The van der Waals surface area contributed by atoms with Crippen LogP contribution in [-0.2, 0) is 14.4 Å². The maximum Gasteiger partial charge on any atom is 0.325 e. The van der Waals surface area contributed by atoms with Crippen molar-refractivity contribution in [2.75, 3.05) is 23.3 Å². The van der Waals surface area contributed by atoms with Gasteiger partial charge in [-0.1, -0.05) is 12.1 Å². The van der Waals surface area contributed by atoms with Crippen molar-refractivity contribution in [1.29, 1.82) is 0 Å². The van der Waals surface area contributed by atoms with E-state index >= 15 is 0 Å². The summed E-state index contributed by atoms with van der Waals surface area (Å²) in [6, 6.07) is 6.37. The van der Waals surface area contributed by atoms with E-state index in [9.17, 15) is 19.2 Å². The predicted octanol–water partition coefficient (Wildman–Crippen LogP) is 0.692. The average Bonchev–Trinajstić information content (AvgIpc) is 3.40. The number of hydrogen-bond donors (Lipinski definition) is 2. The second-order valence-electron chi connectivity index (χ2n) is 6.84. The summed E-state index contributed by atoms with van der Waals surface area (Å²) in [6.45, 7) is 1.19. The lowest BCUT2D eigenvalue weighted by Gasteiger charge is -2.30. The van der Waals surface area contributed by atoms with E-state index < -0.39 is 17.5 Å². The van der Waals surface area contributed by atoms with Gasteiger partial charge < -0.3 is 10.6 Å². The molecular formula is C17H18N4O4. The zero-order chi connectivity index (χ0) is 17.8. The Bertz CT molecular complexity index is 804. The molecule has 2 fully saturated rings. The predicted molar refractivity (Wildman–Crippen MR) is 88.8 cm³/mol. The number of hydrogen-bond acceptors (Lipinski definition) is 4. The Balaban J connectivity index is 1.56. The molecule has 2 aliphatic heterocycles. The molecule has 25 heavy (non-hydrogen) atoms. The minimum absolute atomic E-state index is 0.130. The number of carbonyl (C=O) groups is 4. The highest BCUT2D eigenvalue weighted by Gasteiger charge is 2.56. The summed E-state index contributed by atoms with van der Waals surface area (Å²) < 4.78 is 0. The van der Waals surface area contributed by atoms with Crippen LogP contribution in [-0.4, -0.2) is 47.3 Å². The Morgan fingerprint density at radius 3 is 2.68 bits per heavy atom. The number of urea groups is 1. The molecule has 130 valence electrons. The van der Waals surface area contributed by atoms with Crippen LogP contribution in [0.25, 0.3) is 0 Å². The van der Waals surface area contributed by atoms with Crippen LogP contribution in [0.4, 0.5) is 16.2 Å². The van der Waals surface area contributed by atoms with Gasteiger partial charge in [0.15, 0.2) is 0 Å².